The molecule has 0 spiro atoms. The largest absolute Gasteiger partial charge is 0.271 e. The number of sulfonamides is 1. The van der Waals surface area contributed by atoms with Crippen molar-refractivity contribution < 1.29 is 22.0 Å². The smallest absolute Gasteiger partial charge is 0.267 e. The van der Waals surface area contributed by atoms with Crippen molar-refractivity contribution in [1.82, 2.24) is 5.43 Å². The Morgan fingerprint density at radius 1 is 1.21 bits per heavy atom. The van der Waals surface area contributed by atoms with E-state index in [-0.39, 0.29) is 10.6 Å². The fourth-order valence-electron chi connectivity index (χ4n) is 1.72. The Morgan fingerprint density at radius 3 is 2.42 bits per heavy atom. The Labute approximate surface area is 141 Å². The lowest BCUT2D eigenvalue weighted by atomic mass is 10.2. The third-order valence-electron chi connectivity index (χ3n) is 2.86. The molecule has 24 heavy (non-hydrogen) atoms. The van der Waals surface area contributed by atoms with Gasteiger partial charge in [-0.3, -0.25) is 4.79 Å². The van der Waals surface area contributed by atoms with E-state index in [1.807, 2.05) is 5.43 Å². The lowest BCUT2D eigenvalue weighted by Crippen LogP contribution is -2.19. The molecule has 0 unspecified atom stereocenters. The Balaban J connectivity index is 2.21. The number of hydrazone groups is 1. The Bertz CT molecular complexity index is 913. The van der Waals surface area contributed by atoms with Gasteiger partial charge in [0, 0.05) is 5.56 Å². The number of hydrogen-bond donors (Lipinski definition) is 2. The van der Waals surface area contributed by atoms with Crippen LogP contribution in [0.1, 0.15) is 15.9 Å². The maximum absolute atomic E-state index is 13.4. The first-order valence-corrected chi connectivity index (χ1v) is 8.22. The molecular weight excluding hydrogens is 364 g/mol. The Kier molecular flexibility index (Phi) is 5.27. The molecule has 0 radical (unpaired) electrons. The molecule has 0 atom stereocenters. The average Bonchev–Trinajstić information content (AvgIpc) is 2.49. The molecule has 0 heterocycles. The van der Waals surface area contributed by atoms with Crippen molar-refractivity contribution in [2.75, 3.05) is 0 Å². The van der Waals surface area contributed by atoms with E-state index in [1.54, 1.807) is 0 Å². The summed E-state index contributed by atoms with van der Waals surface area (Å²) < 4.78 is 49.5. The van der Waals surface area contributed by atoms with Gasteiger partial charge in [0.1, 0.15) is 16.5 Å². The summed E-state index contributed by atoms with van der Waals surface area (Å²) in [5.41, 5.74) is 1.48. The zero-order valence-electron chi connectivity index (χ0n) is 11.8. The third kappa shape index (κ3) is 4.13. The van der Waals surface area contributed by atoms with Gasteiger partial charge in [-0.2, -0.15) is 5.10 Å². The van der Waals surface area contributed by atoms with E-state index in [9.17, 15) is 22.0 Å². The van der Waals surface area contributed by atoms with Gasteiger partial charge in [-0.05, 0) is 30.3 Å². The van der Waals surface area contributed by atoms with Crippen molar-refractivity contribution in [3.63, 3.8) is 0 Å². The van der Waals surface area contributed by atoms with E-state index in [1.165, 1.54) is 18.2 Å². The van der Waals surface area contributed by atoms with Crippen LogP contribution in [0.5, 0.6) is 0 Å². The highest BCUT2D eigenvalue weighted by Gasteiger charge is 2.16. The predicted octanol–water partition coefficient (Wildman–Crippen LogP) is 2.03. The summed E-state index contributed by atoms with van der Waals surface area (Å²) in [6.45, 7) is 0. The molecule has 0 aromatic heterocycles. The highest BCUT2D eigenvalue weighted by Crippen LogP contribution is 2.21. The second-order valence-corrected chi connectivity index (χ2v) is 6.46. The topological polar surface area (TPSA) is 102 Å². The summed E-state index contributed by atoms with van der Waals surface area (Å²) in [7, 11) is -4.11. The zero-order valence-corrected chi connectivity index (χ0v) is 13.4. The number of primary sulfonamides is 1. The van der Waals surface area contributed by atoms with Gasteiger partial charge in [0.15, 0.2) is 0 Å². The van der Waals surface area contributed by atoms with Crippen molar-refractivity contribution in [2.24, 2.45) is 10.2 Å². The monoisotopic (exact) mass is 373 g/mol. The Morgan fingerprint density at radius 2 is 1.83 bits per heavy atom. The summed E-state index contributed by atoms with van der Waals surface area (Å²) in [6.07, 6.45) is 0.791. The summed E-state index contributed by atoms with van der Waals surface area (Å²) in [4.78, 5) is 11.5. The molecular formula is C14H10ClF2N3O3S. The number of nitrogens with two attached hydrogens (primary N) is 1. The van der Waals surface area contributed by atoms with Gasteiger partial charge in [0.05, 0.1) is 16.8 Å². The van der Waals surface area contributed by atoms with Gasteiger partial charge in [-0.15, -0.1) is 0 Å². The maximum atomic E-state index is 13.4. The number of nitrogens with one attached hydrogen (secondary N) is 1. The van der Waals surface area contributed by atoms with Gasteiger partial charge in [0.25, 0.3) is 5.91 Å². The minimum absolute atomic E-state index is 0.102. The quantitative estimate of drug-likeness (QED) is 0.633. The fourth-order valence-corrected chi connectivity index (χ4v) is 2.79. The maximum Gasteiger partial charge on any atom is 0.271 e. The van der Waals surface area contributed by atoms with Crippen molar-refractivity contribution in [3.8, 4) is 0 Å². The molecule has 0 bridgehead atoms. The van der Waals surface area contributed by atoms with Crippen LogP contribution in [0, 0.1) is 11.6 Å². The van der Waals surface area contributed by atoms with Crippen molar-refractivity contribution in [3.05, 3.63) is 64.2 Å². The second-order valence-electron chi connectivity index (χ2n) is 4.52. The van der Waals surface area contributed by atoms with Gasteiger partial charge in [0.2, 0.25) is 10.0 Å². The SMILES string of the molecule is NS(=O)(=O)c1cc(C(=O)N/N=C\c2c(F)cccc2F)ccc1Cl. The van der Waals surface area contributed by atoms with Crippen LogP contribution in [0.4, 0.5) is 8.78 Å². The summed E-state index contributed by atoms with van der Waals surface area (Å²) in [5, 5.41) is 8.27. The van der Waals surface area contributed by atoms with E-state index in [4.69, 9.17) is 16.7 Å². The molecule has 10 heteroatoms. The number of carbonyl (C=O) groups is 1. The molecule has 1 amide bonds. The summed E-state index contributed by atoms with van der Waals surface area (Å²) in [6, 6.07) is 6.63. The standard InChI is InChI=1S/C14H10ClF2N3O3S/c15-10-5-4-8(6-13(10)24(18,22)23)14(21)20-19-7-9-11(16)2-1-3-12(9)17/h1-7H,(H,20,21)(H2,18,22,23)/b19-7-. The molecule has 6 nitrogen and oxygen atoms in total. The van der Waals surface area contributed by atoms with Crippen LogP contribution in [-0.2, 0) is 10.0 Å². The van der Waals surface area contributed by atoms with Crippen LogP contribution >= 0.6 is 11.6 Å². The van der Waals surface area contributed by atoms with Crippen molar-refractivity contribution in [2.45, 2.75) is 4.90 Å². The first-order valence-electron chi connectivity index (χ1n) is 6.30. The zero-order chi connectivity index (χ0) is 17.9. The number of rotatable bonds is 4. The van der Waals surface area contributed by atoms with Crippen LogP contribution < -0.4 is 10.6 Å². The van der Waals surface area contributed by atoms with E-state index in [2.05, 4.69) is 5.10 Å². The first-order chi connectivity index (χ1) is 11.2. The fraction of sp³-hybridized carbons (Fsp3) is 0. The molecule has 0 saturated heterocycles. The summed E-state index contributed by atoms with van der Waals surface area (Å²) in [5.74, 6) is -2.52. The summed E-state index contributed by atoms with van der Waals surface area (Å²) >= 11 is 5.70. The normalized spacial score (nSPS) is 11.7. The van der Waals surface area contributed by atoms with Crippen LogP contribution in [0.2, 0.25) is 5.02 Å². The number of halogens is 3. The number of hydrogen-bond acceptors (Lipinski definition) is 4. The Hall–Kier alpha value is -2.36. The van der Waals surface area contributed by atoms with Gasteiger partial charge >= 0.3 is 0 Å². The molecule has 2 rings (SSSR count). The highest BCUT2D eigenvalue weighted by atomic mass is 35.5. The average molecular weight is 374 g/mol. The van der Waals surface area contributed by atoms with E-state index in [0.717, 1.165) is 24.4 Å². The molecule has 0 aliphatic carbocycles. The lowest BCUT2D eigenvalue weighted by molar-refractivity contribution is 0.0955. The minimum Gasteiger partial charge on any atom is -0.267 e. The number of carbonyl (C=O) groups excluding carboxylic acids is 1. The lowest BCUT2D eigenvalue weighted by Gasteiger charge is -2.05. The first kappa shape index (κ1) is 18.0. The molecule has 0 fully saturated rings. The van der Waals surface area contributed by atoms with Crippen molar-refractivity contribution >= 4 is 33.7 Å². The molecule has 2 aromatic carbocycles. The number of benzene rings is 2. The molecule has 3 N–H and O–H groups in total. The van der Waals surface area contributed by atoms with Gasteiger partial charge in [-0.1, -0.05) is 17.7 Å². The minimum atomic E-state index is -4.11. The van der Waals surface area contributed by atoms with E-state index in [0.29, 0.717) is 0 Å². The predicted molar refractivity (Wildman–Crippen MR) is 84.2 cm³/mol. The van der Waals surface area contributed by atoms with Crippen LogP contribution in [0.3, 0.4) is 0 Å². The van der Waals surface area contributed by atoms with Crippen LogP contribution in [-0.4, -0.2) is 20.5 Å². The van der Waals surface area contributed by atoms with Crippen molar-refractivity contribution in [1.29, 1.82) is 0 Å². The third-order valence-corrected chi connectivity index (χ3v) is 4.25. The number of amides is 1. The second kappa shape index (κ2) is 7.04. The molecule has 126 valence electrons. The molecule has 0 aliphatic rings. The number of nitrogens with zero attached hydrogens (tertiary/aromatic N) is 1. The van der Waals surface area contributed by atoms with Gasteiger partial charge in [-0.25, -0.2) is 27.8 Å². The van der Waals surface area contributed by atoms with E-state index >= 15 is 0 Å². The highest BCUT2D eigenvalue weighted by molar-refractivity contribution is 7.89. The molecule has 2 aromatic rings. The molecule has 0 saturated carbocycles. The van der Waals surface area contributed by atoms with Crippen LogP contribution in [0.25, 0.3) is 0 Å². The van der Waals surface area contributed by atoms with E-state index < -0.39 is 38.0 Å². The van der Waals surface area contributed by atoms with Gasteiger partial charge < -0.3 is 0 Å². The molecule has 0 aliphatic heterocycles. The van der Waals surface area contributed by atoms with Crippen LogP contribution in [0.15, 0.2) is 46.4 Å².